The SMILES string of the molecule is CC1CCC(Oc2cc(C(=O)O)c(Cl)cn2)CC1. The van der Waals surface area contributed by atoms with Crippen LogP contribution in [0.5, 0.6) is 5.88 Å². The maximum absolute atomic E-state index is 10.9. The van der Waals surface area contributed by atoms with E-state index in [4.69, 9.17) is 21.4 Å². The Morgan fingerprint density at radius 3 is 2.72 bits per heavy atom. The average Bonchev–Trinajstić information content (AvgIpc) is 2.34. The average molecular weight is 270 g/mol. The van der Waals surface area contributed by atoms with Crippen molar-refractivity contribution in [2.45, 2.75) is 38.7 Å². The highest BCUT2D eigenvalue weighted by atomic mass is 35.5. The zero-order valence-electron chi connectivity index (χ0n) is 10.2. The van der Waals surface area contributed by atoms with Crippen LogP contribution >= 0.6 is 11.6 Å². The van der Waals surface area contributed by atoms with Gasteiger partial charge in [0.2, 0.25) is 5.88 Å². The Morgan fingerprint density at radius 1 is 1.44 bits per heavy atom. The van der Waals surface area contributed by atoms with Crippen LogP contribution in [0.3, 0.4) is 0 Å². The molecule has 0 aliphatic heterocycles. The van der Waals surface area contributed by atoms with Crippen LogP contribution in [-0.4, -0.2) is 22.2 Å². The molecule has 1 heterocycles. The molecule has 1 aromatic heterocycles. The minimum atomic E-state index is -1.07. The smallest absolute Gasteiger partial charge is 0.337 e. The number of hydrogen-bond donors (Lipinski definition) is 1. The normalized spacial score (nSPS) is 23.7. The van der Waals surface area contributed by atoms with Gasteiger partial charge in [-0.1, -0.05) is 18.5 Å². The van der Waals surface area contributed by atoms with E-state index in [0.717, 1.165) is 31.6 Å². The highest BCUT2D eigenvalue weighted by Gasteiger charge is 2.20. The first kappa shape index (κ1) is 13.1. The largest absolute Gasteiger partial charge is 0.478 e. The van der Waals surface area contributed by atoms with Gasteiger partial charge in [-0.3, -0.25) is 0 Å². The molecule has 0 spiro atoms. The third-order valence-corrected chi connectivity index (χ3v) is 3.61. The van der Waals surface area contributed by atoms with Gasteiger partial charge in [0.15, 0.2) is 0 Å². The summed E-state index contributed by atoms with van der Waals surface area (Å²) in [6.07, 6.45) is 5.73. The lowest BCUT2D eigenvalue weighted by atomic mass is 9.89. The van der Waals surface area contributed by atoms with E-state index >= 15 is 0 Å². The molecule has 1 fully saturated rings. The molecule has 0 aromatic carbocycles. The predicted octanol–water partition coefficient (Wildman–Crippen LogP) is 3.39. The minimum absolute atomic E-state index is 0.0332. The van der Waals surface area contributed by atoms with Crippen LogP contribution in [0.2, 0.25) is 5.02 Å². The van der Waals surface area contributed by atoms with Crippen LogP contribution < -0.4 is 4.74 Å². The van der Waals surface area contributed by atoms with Crippen LogP contribution in [0.15, 0.2) is 12.3 Å². The molecule has 1 saturated carbocycles. The van der Waals surface area contributed by atoms with Crippen molar-refractivity contribution >= 4 is 17.6 Å². The topological polar surface area (TPSA) is 59.4 Å². The summed E-state index contributed by atoms with van der Waals surface area (Å²) in [7, 11) is 0. The van der Waals surface area contributed by atoms with Crippen molar-refractivity contribution in [2.24, 2.45) is 5.92 Å². The molecule has 2 rings (SSSR count). The summed E-state index contributed by atoms with van der Waals surface area (Å²) in [4.78, 5) is 15.0. The Kier molecular flexibility index (Phi) is 4.07. The standard InChI is InChI=1S/C13H16ClNO3/c1-8-2-4-9(5-3-8)18-12-6-10(13(16)17)11(14)7-15-12/h6-9H,2-5H2,1H3,(H,16,17). The van der Waals surface area contributed by atoms with E-state index in [1.807, 2.05) is 0 Å². The highest BCUT2D eigenvalue weighted by Crippen LogP contribution is 2.27. The highest BCUT2D eigenvalue weighted by molar-refractivity contribution is 6.33. The lowest BCUT2D eigenvalue weighted by molar-refractivity contribution is 0.0695. The predicted molar refractivity (Wildman–Crippen MR) is 68.3 cm³/mol. The van der Waals surface area contributed by atoms with E-state index in [1.54, 1.807) is 0 Å². The lowest BCUT2D eigenvalue weighted by Gasteiger charge is -2.26. The summed E-state index contributed by atoms with van der Waals surface area (Å²) in [5, 5.41) is 9.09. The monoisotopic (exact) mass is 269 g/mol. The van der Waals surface area contributed by atoms with Gasteiger partial charge in [0.25, 0.3) is 0 Å². The van der Waals surface area contributed by atoms with Gasteiger partial charge in [-0.15, -0.1) is 0 Å². The van der Waals surface area contributed by atoms with Crippen molar-refractivity contribution in [3.8, 4) is 5.88 Å². The number of carboxylic acids is 1. The molecular formula is C13H16ClNO3. The summed E-state index contributed by atoms with van der Waals surface area (Å²) >= 11 is 5.75. The molecule has 4 nitrogen and oxygen atoms in total. The third-order valence-electron chi connectivity index (χ3n) is 3.31. The Morgan fingerprint density at radius 2 is 2.11 bits per heavy atom. The van der Waals surface area contributed by atoms with Crippen molar-refractivity contribution < 1.29 is 14.6 Å². The van der Waals surface area contributed by atoms with E-state index in [1.165, 1.54) is 12.3 Å². The van der Waals surface area contributed by atoms with Gasteiger partial charge in [-0.2, -0.15) is 0 Å². The molecule has 0 atom stereocenters. The molecule has 1 N–H and O–H groups in total. The van der Waals surface area contributed by atoms with Crippen molar-refractivity contribution in [1.82, 2.24) is 4.98 Å². The molecule has 1 aromatic rings. The van der Waals surface area contributed by atoms with Crippen molar-refractivity contribution in [2.75, 3.05) is 0 Å². The van der Waals surface area contributed by atoms with Crippen molar-refractivity contribution in [3.05, 3.63) is 22.8 Å². The molecule has 1 aliphatic carbocycles. The quantitative estimate of drug-likeness (QED) is 0.914. The van der Waals surface area contributed by atoms with Crippen LogP contribution in [0.4, 0.5) is 0 Å². The molecule has 0 unspecified atom stereocenters. The van der Waals surface area contributed by atoms with Crippen molar-refractivity contribution in [1.29, 1.82) is 0 Å². The number of carboxylic acid groups (broad SMARTS) is 1. The van der Waals surface area contributed by atoms with Crippen LogP contribution in [-0.2, 0) is 0 Å². The third kappa shape index (κ3) is 3.13. The Labute approximate surface area is 111 Å². The van der Waals surface area contributed by atoms with Crippen molar-refractivity contribution in [3.63, 3.8) is 0 Å². The number of carbonyl (C=O) groups is 1. The van der Waals surface area contributed by atoms with Crippen LogP contribution in [0.1, 0.15) is 43.0 Å². The Balaban J connectivity index is 2.05. The summed E-state index contributed by atoms with van der Waals surface area (Å²) in [5.41, 5.74) is 0.0332. The molecule has 98 valence electrons. The van der Waals surface area contributed by atoms with E-state index in [-0.39, 0.29) is 16.7 Å². The van der Waals surface area contributed by atoms with Gasteiger partial charge in [0, 0.05) is 6.07 Å². The number of ether oxygens (including phenoxy) is 1. The van der Waals surface area contributed by atoms with Crippen LogP contribution in [0, 0.1) is 5.92 Å². The first-order valence-corrected chi connectivity index (χ1v) is 6.49. The number of rotatable bonds is 3. The molecule has 1 aliphatic rings. The minimum Gasteiger partial charge on any atom is -0.478 e. The van der Waals surface area contributed by atoms with Gasteiger partial charge >= 0.3 is 5.97 Å². The summed E-state index contributed by atoms with van der Waals surface area (Å²) in [6, 6.07) is 1.39. The van der Waals surface area contributed by atoms with Gasteiger partial charge < -0.3 is 9.84 Å². The molecule has 0 saturated heterocycles. The summed E-state index contributed by atoms with van der Waals surface area (Å²) < 4.78 is 5.72. The summed E-state index contributed by atoms with van der Waals surface area (Å²) in [5.74, 6) is 0.0264. The van der Waals surface area contributed by atoms with E-state index < -0.39 is 5.97 Å². The van der Waals surface area contributed by atoms with Gasteiger partial charge in [0.05, 0.1) is 16.8 Å². The van der Waals surface area contributed by atoms with Crippen LogP contribution in [0.25, 0.3) is 0 Å². The molecule has 5 heteroatoms. The molecule has 0 bridgehead atoms. The number of nitrogens with zero attached hydrogens (tertiary/aromatic N) is 1. The second-order valence-electron chi connectivity index (χ2n) is 4.81. The van der Waals surface area contributed by atoms with Gasteiger partial charge in [0.1, 0.15) is 6.10 Å². The Bertz CT molecular complexity index is 442. The fourth-order valence-corrected chi connectivity index (χ4v) is 2.35. The number of hydrogen-bond acceptors (Lipinski definition) is 3. The lowest BCUT2D eigenvalue weighted by Crippen LogP contribution is -2.23. The maximum Gasteiger partial charge on any atom is 0.337 e. The summed E-state index contributed by atoms with van der Waals surface area (Å²) in [6.45, 7) is 2.24. The fourth-order valence-electron chi connectivity index (χ4n) is 2.17. The number of halogens is 1. The second kappa shape index (κ2) is 5.57. The Hall–Kier alpha value is -1.29. The number of pyridine rings is 1. The fraction of sp³-hybridized carbons (Fsp3) is 0.538. The number of aromatic carboxylic acids is 1. The molecule has 18 heavy (non-hydrogen) atoms. The van der Waals surface area contributed by atoms with E-state index in [0.29, 0.717) is 5.88 Å². The first-order chi connectivity index (χ1) is 8.56. The second-order valence-corrected chi connectivity index (χ2v) is 5.21. The molecule has 0 radical (unpaired) electrons. The van der Waals surface area contributed by atoms with E-state index in [9.17, 15) is 4.79 Å². The molecular weight excluding hydrogens is 254 g/mol. The maximum atomic E-state index is 10.9. The molecule has 0 amide bonds. The van der Waals surface area contributed by atoms with Gasteiger partial charge in [-0.05, 0) is 31.6 Å². The zero-order valence-corrected chi connectivity index (χ0v) is 11.0. The number of aromatic nitrogens is 1. The zero-order chi connectivity index (χ0) is 13.1. The first-order valence-electron chi connectivity index (χ1n) is 6.11. The van der Waals surface area contributed by atoms with Gasteiger partial charge in [-0.25, -0.2) is 9.78 Å². The van der Waals surface area contributed by atoms with E-state index in [2.05, 4.69) is 11.9 Å².